The number of nitrogens with zero attached hydrogens (tertiary/aromatic N) is 2. The third-order valence-corrected chi connectivity index (χ3v) is 7.25. The minimum atomic E-state index is -3.59. The maximum absolute atomic E-state index is 12.4. The highest BCUT2D eigenvalue weighted by Gasteiger charge is 2.25. The first-order valence-electron chi connectivity index (χ1n) is 9.39. The van der Waals surface area contributed by atoms with Gasteiger partial charge in [-0.05, 0) is 31.2 Å². The molecule has 0 bridgehead atoms. The van der Waals surface area contributed by atoms with Crippen LogP contribution in [-0.2, 0) is 32.3 Å². The number of anilines is 1. The molecular formula is C19H23N3O6S2. The van der Waals surface area contributed by atoms with Gasteiger partial charge in [0, 0.05) is 24.3 Å². The number of fused-ring (bicyclic) bond motifs is 1. The van der Waals surface area contributed by atoms with Gasteiger partial charge in [-0.15, -0.1) is 0 Å². The van der Waals surface area contributed by atoms with Crippen molar-refractivity contribution in [1.29, 1.82) is 0 Å². The Bertz CT molecular complexity index is 1020. The molecule has 0 atom stereocenters. The molecule has 1 aliphatic rings. The van der Waals surface area contributed by atoms with E-state index in [1.807, 2.05) is 0 Å². The molecule has 1 aliphatic heterocycles. The van der Waals surface area contributed by atoms with E-state index in [9.17, 15) is 18.0 Å². The molecule has 2 aromatic rings. The Labute approximate surface area is 178 Å². The van der Waals surface area contributed by atoms with Crippen LogP contribution in [0.15, 0.2) is 29.2 Å². The number of aromatic nitrogens is 1. The summed E-state index contributed by atoms with van der Waals surface area (Å²) in [6.45, 7) is 2.95. The van der Waals surface area contributed by atoms with Gasteiger partial charge in [0.05, 0.1) is 36.6 Å². The van der Waals surface area contributed by atoms with Crippen molar-refractivity contribution in [2.45, 2.75) is 31.2 Å². The Balaban J connectivity index is 1.56. The molecule has 0 saturated heterocycles. The van der Waals surface area contributed by atoms with E-state index in [2.05, 4.69) is 10.3 Å². The van der Waals surface area contributed by atoms with Gasteiger partial charge >= 0.3 is 6.09 Å². The van der Waals surface area contributed by atoms with E-state index in [4.69, 9.17) is 9.47 Å². The van der Waals surface area contributed by atoms with Crippen LogP contribution < -0.4 is 10.1 Å². The molecular weight excluding hydrogens is 430 g/mol. The van der Waals surface area contributed by atoms with Crippen molar-refractivity contribution in [3.63, 3.8) is 0 Å². The van der Waals surface area contributed by atoms with Crippen molar-refractivity contribution < 1.29 is 27.5 Å². The van der Waals surface area contributed by atoms with E-state index in [0.717, 1.165) is 10.6 Å². The molecule has 1 aromatic carbocycles. The van der Waals surface area contributed by atoms with Crippen molar-refractivity contribution >= 4 is 38.3 Å². The highest BCUT2D eigenvalue weighted by molar-refractivity contribution is 7.91. The Morgan fingerprint density at radius 1 is 1.27 bits per heavy atom. The number of sulfone groups is 1. The predicted molar refractivity (Wildman–Crippen MR) is 112 cm³/mol. The minimum Gasteiger partial charge on any atom is -0.497 e. The van der Waals surface area contributed by atoms with Gasteiger partial charge < -0.3 is 19.7 Å². The quantitative estimate of drug-likeness (QED) is 0.685. The van der Waals surface area contributed by atoms with E-state index < -0.39 is 15.7 Å². The number of methoxy groups -OCH3 is 1. The third kappa shape index (κ3) is 5.28. The summed E-state index contributed by atoms with van der Waals surface area (Å²) in [5.41, 5.74) is 0.835. The molecule has 0 unspecified atom stereocenters. The fraction of sp³-hybridized carbons (Fsp3) is 0.421. The van der Waals surface area contributed by atoms with Crippen LogP contribution in [0.1, 0.15) is 23.9 Å². The number of thiazole rings is 1. The topological polar surface area (TPSA) is 115 Å². The fourth-order valence-electron chi connectivity index (χ4n) is 2.93. The summed E-state index contributed by atoms with van der Waals surface area (Å²) >= 11 is 1.28. The number of amides is 2. The van der Waals surface area contributed by atoms with Crippen molar-refractivity contribution in [3.05, 3.63) is 34.8 Å². The highest BCUT2D eigenvalue weighted by atomic mass is 32.2. The first-order valence-corrected chi connectivity index (χ1v) is 11.9. The number of ether oxygens (including phenoxy) is 2. The summed E-state index contributed by atoms with van der Waals surface area (Å²) in [5.74, 6) is -0.186. The highest BCUT2D eigenvalue weighted by Crippen LogP contribution is 2.28. The van der Waals surface area contributed by atoms with Crippen LogP contribution in [-0.4, -0.2) is 56.3 Å². The van der Waals surface area contributed by atoms with Crippen LogP contribution in [0.4, 0.5) is 9.93 Å². The van der Waals surface area contributed by atoms with Gasteiger partial charge in [0.15, 0.2) is 15.0 Å². The zero-order valence-corrected chi connectivity index (χ0v) is 18.3. The number of carbonyl (C=O) groups is 2. The number of rotatable bonds is 7. The number of benzene rings is 1. The second-order valence-corrected chi connectivity index (χ2v) is 9.74. The van der Waals surface area contributed by atoms with Crippen LogP contribution >= 0.6 is 11.3 Å². The first-order chi connectivity index (χ1) is 14.3. The SMILES string of the molecule is CCOC(=O)N1CCc2nc(NC(=O)CCS(=O)(=O)c3ccc(OC)cc3)sc2C1. The normalized spacial score (nSPS) is 13.5. The van der Waals surface area contributed by atoms with Crippen LogP contribution in [0.3, 0.4) is 0 Å². The third-order valence-electron chi connectivity index (χ3n) is 4.52. The van der Waals surface area contributed by atoms with Gasteiger partial charge in [-0.1, -0.05) is 11.3 Å². The molecule has 0 saturated carbocycles. The lowest BCUT2D eigenvalue weighted by Crippen LogP contribution is -2.35. The minimum absolute atomic E-state index is 0.139. The molecule has 1 aromatic heterocycles. The molecule has 9 nitrogen and oxygen atoms in total. The second kappa shape index (κ2) is 9.43. The summed E-state index contributed by atoms with van der Waals surface area (Å²) in [5, 5.41) is 3.06. The van der Waals surface area contributed by atoms with Crippen molar-refractivity contribution in [1.82, 2.24) is 9.88 Å². The van der Waals surface area contributed by atoms with E-state index in [1.165, 1.54) is 30.6 Å². The average molecular weight is 454 g/mol. The van der Waals surface area contributed by atoms with Crippen molar-refractivity contribution in [3.8, 4) is 5.75 Å². The van der Waals surface area contributed by atoms with Crippen LogP contribution in [0.25, 0.3) is 0 Å². The molecule has 1 N–H and O–H groups in total. The molecule has 30 heavy (non-hydrogen) atoms. The van der Waals surface area contributed by atoms with E-state index in [0.29, 0.717) is 37.0 Å². The number of hydrogen-bond donors (Lipinski definition) is 1. The van der Waals surface area contributed by atoms with Gasteiger partial charge in [-0.25, -0.2) is 18.2 Å². The zero-order chi connectivity index (χ0) is 21.7. The number of carbonyl (C=O) groups excluding carboxylic acids is 2. The monoisotopic (exact) mass is 453 g/mol. The largest absolute Gasteiger partial charge is 0.497 e. The maximum atomic E-state index is 12.4. The summed E-state index contributed by atoms with van der Waals surface area (Å²) in [7, 11) is -2.09. The second-order valence-electron chi connectivity index (χ2n) is 6.55. The predicted octanol–water partition coefficient (Wildman–Crippen LogP) is 2.47. The van der Waals surface area contributed by atoms with E-state index >= 15 is 0 Å². The van der Waals surface area contributed by atoms with Crippen LogP contribution in [0, 0.1) is 0 Å². The summed E-state index contributed by atoms with van der Waals surface area (Å²) < 4.78 is 34.9. The first kappa shape index (κ1) is 22.0. The zero-order valence-electron chi connectivity index (χ0n) is 16.7. The molecule has 3 rings (SSSR count). The molecule has 0 radical (unpaired) electrons. The molecule has 162 valence electrons. The van der Waals surface area contributed by atoms with Gasteiger partial charge in [0.25, 0.3) is 0 Å². The molecule has 0 fully saturated rings. The van der Waals surface area contributed by atoms with Gasteiger partial charge in [-0.3, -0.25) is 4.79 Å². The van der Waals surface area contributed by atoms with E-state index in [1.54, 1.807) is 24.0 Å². The van der Waals surface area contributed by atoms with Crippen molar-refractivity contribution in [2.24, 2.45) is 0 Å². The lowest BCUT2D eigenvalue weighted by Gasteiger charge is -2.24. The standard InChI is InChI=1S/C19H23N3O6S2/c1-3-28-19(24)22-10-8-15-16(12-22)29-18(20-15)21-17(23)9-11-30(25,26)14-6-4-13(27-2)5-7-14/h4-7H,3,8-12H2,1-2H3,(H,20,21,23). The van der Waals surface area contributed by atoms with Gasteiger partial charge in [-0.2, -0.15) is 0 Å². The Morgan fingerprint density at radius 3 is 2.67 bits per heavy atom. The molecule has 2 amide bonds. The van der Waals surface area contributed by atoms with Gasteiger partial charge in [0.2, 0.25) is 5.91 Å². The molecule has 0 aliphatic carbocycles. The Morgan fingerprint density at radius 2 is 2.00 bits per heavy atom. The summed E-state index contributed by atoms with van der Waals surface area (Å²) in [6.07, 6.45) is 0.0193. The number of nitrogens with one attached hydrogen (secondary N) is 1. The maximum Gasteiger partial charge on any atom is 0.410 e. The fourth-order valence-corrected chi connectivity index (χ4v) is 5.21. The van der Waals surface area contributed by atoms with Crippen LogP contribution in [0.5, 0.6) is 5.75 Å². The Kier molecular flexibility index (Phi) is 6.93. The lowest BCUT2D eigenvalue weighted by atomic mass is 10.2. The Hall–Kier alpha value is -2.66. The molecule has 0 spiro atoms. The average Bonchev–Trinajstić information content (AvgIpc) is 3.14. The summed E-state index contributed by atoms with van der Waals surface area (Å²) in [6, 6.07) is 6.03. The van der Waals surface area contributed by atoms with Gasteiger partial charge in [0.1, 0.15) is 5.75 Å². The van der Waals surface area contributed by atoms with Crippen molar-refractivity contribution in [2.75, 3.05) is 31.3 Å². The summed E-state index contributed by atoms with van der Waals surface area (Å²) in [4.78, 5) is 31.1. The van der Waals surface area contributed by atoms with Crippen LogP contribution in [0.2, 0.25) is 0 Å². The smallest absolute Gasteiger partial charge is 0.410 e. The van der Waals surface area contributed by atoms with E-state index in [-0.39, 0.29) is 23.2 Å². The number of hydrogen-bond acceptors (Lipinski definition) is 8. The molecule has 11 heteroatoms. The molecule has 2 heterocycles. The lowest BCUT2D eigenvalue weighted by molar-refractivity contribution is -0.115.